The molecule has 3 aromatic rings. The molecule has 0 bridgehead atoms. The molecule has 5 rings (SSSR count). The van der Waals surface area contributed by atoms with Crippen LogP contribution in [0.3, 0.4) is 0 Å². The summed E-state index contributed by atoms with van der Waals surface area (Å²) in [4.78, 5) is 24.6. The molecule has 0 spiro atoms. The SMILES string of the molecule is C[C@H]1[C@H](F)C[C@@H](C(=O)CCc2cc(-c3cnc(C(F)(F)F)nc3)c(Br)c(C3CC3)n2)N1S(=O)(=O)c1ccc(F)cc1. The maximum atomic E-state index is 14.8. The number of hydrogen-bond donors (Lipinski definition) is 0. The average molecular weight is 659 g/mol. The van der Waals surface area contributed by atoms with E-state index in [1.807, 2.05) is 0 Å². The highest BCUT2D eigenvalue weighted by Crippen LogP contribution is 2.45. The Morgan fingerprint density at radius 1 is 1.12 bits per heavy atom. The number of pyridine rings is 1. The van der Waals surface area contributed by atoms with Gasteiger partial charge in [0.25, 0.3) is 0 Å². The van der Waals surface area contributed by atoms with Crippen LogP contribution in [0.5, 0.6) is 0 Å². The van der Waals surface area contributed by atoms with Crippen LogP contribution in [-0.2, 0) is 27.4 Å². The normalized spacial score (nSPS) is 21.8. The van der Waals surface area contributed by atoms with Gasteiger partial charge in [-0.1, -0.05) is 0 Å². The molecule has 1 saturated heterocycles. The van der Waals surface area contributed by atoms with Crippen LogP contribution in [0.4, 0.5) is 22.0 Å². The Morgan fingerprint density at radius 3 is 2.34 bits per heavy atom. The molecular formula is C27H24BrF5N4O3S. The molecule has 1 aliphatic carbocycles. The number of carbonyl (C=O) groups excluding carboxylic acids is 1. The van der Waals surface area contributed by atoms with Crippen molar-refractivity contribution < 1.29 is 35.2 Å². The number of ketones is 1. The number of Topliss-reactive ketones (excluding diaryl/α,β-unsaturated/α-hetero) is 1. The Labute approximate surface area is 241 Å². The molecule has 1 aliphatic heterocycles. The summed E-state index contributed by atoms with van der Waals surface area (Å²) in [6.45, 7) is 1.38. The van der Waals surface area contributed by atoms with E-state index in [2.05, 4.69) is 30.9 Å². The minimum Gasteiger partial charge on any atom is -0.298 e. The molecule has 1 saturated carbocycles. The van der Waals surface area contributed by atoms with Gasteiger partial charge in [-0.05, 0) is 72.4 Å². The molecule has 7 nitrogen and oxygen atoms in total. The maximum Gasteiger partial charge on any atom is 0.451 e. The number of sulfonamides is 1. The van der Waals surface area contributed by atoms with Crippen molar-refractivity contribution in [2.24, 2.45) is 0 Å². The fourth-order valence-electron chi connectivity index (χ4n) is 4.95. The summed E-state index contributed by atoms with van der Waals surface area (Å²) in [5.74, 6) is -2.26. The number of benzene rings is 1. The topological polar surface area (TPSA) is 93.1 Å². The zero-order valence-electron chi connectivity index (χ0n) is 21.6. The van der Waals surface area contributed by atoms with E-state index in [4.69, 9.17) is 0 Å². The monoisotopic (exact) mass is 658 g/mol. The Bertz CT molecular complexity index is 1570. The smallest absolute Gasteiger partial charge is 0.298 e. The van der Waals surface area contributed by atoms with E-state index in [1.54, 1.807) is 6.07 Å². The van der Waals surface area contributed by atoms with Crippen molar-refractivity contribution in [1.82, 2.24) is 19.3 Å². The van der Waals surface area contributed by atoms with Gasteiger partial charge in [0.05, 0.1) is 22.7 Å². The van der Waals surface area contributed by atoms with Crippen LogP contribution < -0.4 is 0 Å². The number of hydrogen-bond acceptors (Lipinski definition) is 6. The van der Waals surface area contributed by atoms with E-state index in [0.717, 1.165) is 53.8 Å². The largest absolute Gasteiger partial charge is 0.451 e. The van der Waals surface area contributed by atoms with Gasteiger partial charge in [-0.2, -0.15) is 17.5 Å². The molecule has 0 unspecified atom stereocenters. The second-order valence-electron chi connectivity index (χ2n) is 10.2. The number of alkyl halides is 4. The van der Waals surface area contributed by atoms with E-state index in [0.29, 0.717) is 27.0 Å². The van der Waals surface area contributed by atoms with E-state index in [1.165, 1.54) is 6.92 Å². The Morgan fingerprint density at radius 2 is 1.76 bits per heavy atom. The van der Waals surface area contributed by atoms with Crippen LogP contribution >= 0.6 is 15.9 Å². The molecule has 3 atom stereocenters. The summed E-state index contributed by atoms with van der Waals surface area (Å²) >= 11 is 3.51. The maximum absolute atomic E-state index is 14.8. The van der Waals surface area contributed by atoms with Crippen molar-refractivity contribution in [2.75, 3.05) is 0 Å². The van der Waals surface area contributed by atoms with E-state index >= 15 is 0 Å². The standard InChI is InChI=1S/C27H24BrF5N4O3S/c1-14-21(30)11-22(37(14)41(39,40)19-7-4-17(29)5-8-19)23(38)9-6-18-10-20(24(28)25(36-18)15-2-3-15)16-12-34-26(35-13-16)27(31,32)33/h4-5,7-8,10,12-15,21-22H,2-3,6,9,11H2,1H3/t14-,21+,22-/m0/s1. The number of nitrogens with zero attached hydrogens (tertiary/aromatic N) is 4. The Kier molecular flexibility index (Phi) is 8.03. The highest BCUT2D eigenvalue weighted by atomic mass is 79.9. The fraction of sp³-hybridized carbons (Fsp3) is 0.407. The van der Waals surface area contributed by atoms with E-state index < -0.39 is 51.9 Å². The summed E-state index contributed by atoms with van der Waals surface area (Å²) < 4.78 is 95.1. The molecular weight excluding hydrogens is 635 g/mol. The molecule has 0 amide bonds. The predicted octanol–water partition coefficient (Wildman–Crippen LogP) is 6.03. The Balaban J connectivity index is 1.40. The van der Waals surface area contributed by atoms with Crippen LogP contribution in [0.15, 0.2) is 52.1 Å². The first-order valence-electron chi connectivity index (χ1n) is 12.8. The summed E-state index contributed by atoms with van der Waals surface area (Å²) in [7, 11) is -4.30. The fourth-order valence-corrected chi connectivity index (χ4v) is 7.53. The van der Waals surface area contributed by atoms with Gasteiger partial charge in [-0.3, -0.25) is 9.78 Å². The molecule has 14 heteroatoms. The van der Waals surface area contributed by atoms with Crippen molar-refractivity contribution in [1.29, 1.82) is 0 Å². The van der Waals surface area contributed by atoms with Crippen LogP contribution in [-0.4, -0.2) is 51.7 Å². The van der Waals surface area contributed by atoms with Crippen molar-refractivity contribution in [3.8, 4) is 11.1 Å². The predicted molar refractivity (Wildman–Crippen MR) is 141 cm³/mol. The third kappa shape index (κ3) is 6.05. The minimum atomic E-state index is -4.69. The highest BCUT2D eigenvalue weighted by Gasteiger charge is 2.48. The summed E-state index contributed by atoms with van der Waals surface area (Å²) in [5, 5.41) is 0. The quantitative estimate of drug-likeness (QED) is 0.275. The van der Waals surface area contributed by atoms with Crippen LogP contribution in [0.25, 0.3) is 11.1 Å². The number of carbonyl (C=O) groups is 1. The molecule has 2 fully saturated rings. The lowest BCUT2D eigenvalue weighted by Crippen LogP contribution is -2.44. The first-order chi connectivity index (χ1) is 19.3. The van der Waals surface area contributed by atoms with Gasteiger partial charge < -0.3 is 0 Å². The third-order valence-corrected chi connectivity index (χ3v) is 10.1. The van der Waals surface area contributed by atoms with Crippen molar-refractivity contribution in [2.45, 2.75) is 74.3 Å². The molecule has 2 aromatic heterocycles. The molecule has 0 radical (unpaired) electrons. The summed E-state index contributed by atoms with van der Waals surface area (Å²) in [5.41, 5.74) is 2.00. The van der Waals surface area contributed by atoms with Gasteiger partial charge in [0.15, 0.2) is 5.78 Å². The van der Waals surface area contributed by atoms with Gasteiger partial charge >= 0.3 is 6.18 Å². The highest BCUT2D eigenvalue weighted by molar-refractivity contribution is 9.10. The van der Waals surface area contributed by atoms with Gasteiger partial charge in [0.2, 0.25) is 15.8 Å². The lowest BCUT2D eigenvalue weighted by molar-refractivity contribution is -0.145. The van der Waals surface area contributed by atoms with Gasteiger partial charge in [0, 0.05) is 52.4 Å². The minimum absolute atomic E-state index is 0.0899. The number of rotatable bonds is 8. The van der Waals surface area contributed by atoms with Gasteiger partial charge in [-0.25, -0.2) is 27.2 Å². The summed E-state index contributed by atoms with van der Waals surface area (Å²) in [6, 6.07) is 3.37. The number of aromatic nitrogens is 3. The second-order valence-corrected chi connectivity index (χ2v) is 12.8. The van der Waals surface area contributed by atoms with Crippen LogP contribution in [0.1, 0.15) is 55.7 Å². The lowest BCUT2D eigenvalue weighted by atomic mass is 10.0. The number of aryl methyl sites for hydroxylation is 1. The molecule has 0 N–H and O–H groups in total. The molecule has 3 heterocycles. The first kappa shape index (κ1) is 29.6. The zero-order valence-corrected chi connectivity index (χ0v) is 24.0. The van der Waals surface area contributed by atoms with E-state index in [-0.39, 0.29) is 30.1 Å². The van der Waals surface area contributed by atoms with Crippen LogP contribution in [0.2, 0.25) is 0 Å². The van der Waals surface area contributed by atoms with Crippen molar-refractivity contribution in [3.63, 3.8) is 0 Å². The van der Waals surface area contributed by atoms with Gasteiger partial charge in [0.1, 0.15) is 12.0 Å². The molecule has 218 valence electrons. The molecule has 2 aliphatic rings. The summed E-state index contributed by atoms with van der Waals surface area (Å²) in [6.07, 6.45) is -2.73. The lowest BCUT2D eigenvalue weighted by Gasteiger charge is -2.26. The van der Waals surface area contributed by atoms with Crippen LogP contribution in [0, 0.1) is 5.82 Å². The first-order valence-corrected chi connectivity index (χ1v) is 15.1. The van der Waals surface area contributed by atoms with Crippen molar-refractivity contribution >= 4 is 31.7 Å². The molecule has 1 aromatic carbocycles. The van der Waals surface area contributed by atoms with Crippen molar-refractivity contribution in [3.05, 3.63) is 70.2 Å². The third-order valence-electron chi connectivity index (χ3n) is 7.29. The molecule has 41 heavy (non-hydrogen) atoms. The van der Waals surface area contributed by atoms with E-state index in [9.17, 15) is 35.2 Å². The van der Waals surface area contributed by atoms with Gasteiger partial charge in [-0.15, -0.1) is 0 Å². The average Bonchev–Trinajstić information content (AvgIpc) is 3.72. The number of halogens is 6. The zero-order chi connectivity index (χ0) is 29.7. The Hall–Kier alpha value is -2.84. The second kappa shape index (κ2) is 11.1.